The maximum absolute atomic E-state index is 13.0. The molecule has 1 aromatic heterocycles. The number of fused-ring (bicyclic) bond motifs is 1. The normalized spacial score (nSPS) is 10.8. The fraction of sp³-hybridized carbons (Fsp3) is 0.214. The molecule has 0 unspecified atom stereocenters. The Balaban J connectivity index is 1.51. The maximum Gasteiger partial charge on any atom is 0.354 e. The van der Waals surface area contributed by atoms with Crippen LogP contribution >= 0.6 is 0 Å². The van der Waals surface area contributed by atoms with Crippen molar-refractivity contribution >= 4 is 22.8 Å². The van der Waals surface area contributed by atoms with Crippen molar-refractivity contribution in [1.82, 2.24) is 9.47 Å². The van der Waals surface area contributed by atoms with E-state index in [0.717, 1.165) is 22.9 Å². The van der Waals surface area contributed by atoms with Gasteiger partial charge < -0.3 is 18.9 Å². The molecule has 6 heteroatoms. The molecule has 0 aliphatic carbocycles. The van der Waals surface area contributed by atoms with Crippen LogP contribution in [0.3, 0.4) is 0 Å². The number of rotatable bonds is 9. The van der Waals surface area contributed by atoms with Gasteiger partial charge in [0.25, 0.3) is 0 Å². The summed E-state index contributed by atoms with van der Waals surface area (Å²) in [6, 6.07) is 27.3. The minimum absolute atomic E-state index is 0.0451. The van der Waals surface area contributed by atoms with Crippen LogP contribution in [0, 0.1) is 0 Å². The second kappa shape index (κ2) is 10.7. The molecule has 0 aliphatic rings. The second-order valence-corrected chi connectivity index (χ2v) is 8.15. The molecule has 34 heavy (non-hydrogen) atoms. The highest BCUT2D eigenvalue weighted by atomic mass is 16.5. The van der Waals surface area contributed by atoms with Gasteiger partial charge in [0, 0.05) is 24.5 Å². The molecule has 0 bridgehead atoms. The molecule has 3 aromatic carbocycles. The van der Waals surface area contributed by atoms with Crippen molar-refractivity contribution in [3.05, 3.63) is 102 Å². The first-order chi connectivity index (χ1) is 16.5. The van der Waals surface area contributed by atoms with E-state index in [4.69, 9.17) is 9.47 Å². The Labute approximate surface area is 199 Å². The summed E-state index contributed by atoms with van der Waals surface area (Å²) in [5.41, 5.74) is 3.35. The topological polar surface area (TPSA) is 60.8 Å². The van der Waals surface area contributed by atoms with Crippen molar-refractivity contribution in [2.75, 3.05) is 20.7 Å². The summed E-state index contributed by atoms with van der Waals surface area (Å²) in [6.07, 6.45) is 0.765. The van der Waals surface area contributed by atoms with E-state index < -0.39 is 5.97 Å². The van der Waals surface area contributed by atoms with Gasteiger partial charge in [-0.1, -0.05) is 60.7 Å². The summed E-state index contributed by atoms with van der Waals surface area (Å²) < 4.78 is 12.6. The number of ether oxygens (including phenoxy) is 2. The quantitative estimate of drug-likeness (QED) is 0.342. The highest BCUT2D eigenvalue weighted by molar-refractivity contribution is 5.97. The molecule has 0 atom stereocenters. The number of benzene rings is 3. The average Bonchev–Trinajstić information content (AvgIpc) is 3.24. The number of methoxy groups -OCH3 is 1. The number of hydrogen-bond donors (Lipinski definition) is 0. The van der Waals surface area contributed by atoms with Crippen LogP contribution in [-0.2, 0) is 29.1 Å². The van der Waals surface area contributed by atoms with Crippen molar-refractivity contribution in [3.63, 3.8) is 0 Å². The van der Waals surface area contributed by atoms with Gasteiger partial charge in [0.2, 0.25) is 5.91 Å². The third-order valence-corrected chi connectivity index (χ3v) is 5.81. The molecule has 0 fully saturated rings. The molecule has 1 heterocycles. The minimum Gasteiger partial charge on any atom is -0.489 e. The lowest BCUT2D eigenvalue weighted by Crippen LogP contribution is -2.32. The first-order valence-electron chi connectivity index (χ1n) is 11.2. The summed E-state index contributed by atoms with van der Waals surface area (Å²) in [5, 5.41) is 0.811. The molecule has 4 rings (SSSR count). The van der Waals surface area contributed by atoms with Crippen LogP contribution in [0.4, 0.5) is 0 Å². The summed E-state index contributed by atoms with van der Waals surface area (Å²) in [5.74, 6) is 0.127. The molecule has 0 aliphatic heterocycles. The van der Waals surface area contributed by atoms with Crippen LogP contribution in [0.1, 0.15) is 21.6 Å². The van der Waals surface area contributed by atoms with E-state index in [-0.39, 0.29) is 12.5 Å². The van der Waals surface area contributed by atoms with E-state index in [1.54, 1.807) is 22.6 Å². The third kappa shape index (κ3) is 5.46. The maximum atomic E-state index is 13.0. The Morgan fingerprint density at radius 3 is 2.24 bits per heavy atom. The predicted molar refractivity (Wildman–Crippen MR) is 132 cm³/mol. The largest absolute Gasteiger partial charge is 0.489 e. The molecule has 174 valence electrons. The lowest BCUT2D eigenvalue weighted by Gasteiger charge is -2.19. The van der Waals surface area contributed by atoms with Crippen molar-refractivity contribution < 1.29 is 19.1 Å². The fourth-order valence-corrected chi connectivity index (χ4v) is 3.85. The zero-order valence-electron chi connectivity index (χ0n) is 19.4. The lowest BCUT2D eigenvalue weighted by atomic mass is 10.1. The highest BCUT2D eigenvalue weighted by Crippen LogP contribution is 2.26. The Morgan fingerprint density at radius 1 is 0.882 bits per heavy atom. The van der Waals surface area contributed by atoms with Gasteiger partial charge in [-0.25, -0.2) is 4.79 Å². The van der Waals surface area contributed by atoms with Gasteiger partial charge in [-0.15, -0.1) is 0 Å². The number of likely N-dealkylation sites (N-methyl/N-ethyl adjacent to an activating group) is 1. The average molecular weight is 457 g/mol. The van der Waals surface area contributed by atoms with Gasteiger partial charge in [0.05, 0.1) is 7.11 Å². The van der Waals surface area contributed by atoms with Crippen LogP contribution in [0.5, 0.6) is 5.75 Å². The van der Waals surface area contributed by atoms with Crippen LogP contribution in [0.25, 0.3) is 10.9 Å². The number of amides is 1. The molecule has 1 amide bonds. The second-order valence-electron chi connectivity index (χ2n) is 8.15. The molecule has 0 spiro atoms. The molecular formula is C28H28N2O4. The standard InChI is InChI=1S/C28H28N2O4/c1-29(16-15-21-9-5-3-6-10-21)27(31)19-30-25-14-13-24(34-20-22-11-7-4-8-12-22)17-23(25)18-26(30)28(32)33-2/h3-14,17-18H,15-16,19-20H2,1-2H3. The van der Waals surface area contributed by atoms with E-state index in [0.29, 0.717) is 24.6 Å². The molecule has 0 saturated heterocycles. The smallest absolute Gasteiger partial charge is 0.354 e. The lowest BCUT2D eigenvalue weighted by molar-refractivity contribution is -0.130. The Bertz CT molecular complexity index is 1270. The molecule has 0 radical (unpaired) electrons. The number of carbonyl (C=O) groups is 2. The van der Waals surface area contributed by atoms with Gasteiger partial charge in [-0.3, -0.25) is 4.79 Å². The van der Waals surface area contributed by atoms with Gasteiger partial charge in [-0.05, 0) is 41.8 Å². The third-order valence-electron chi connectivity index (χ3n) is 5.81. The van der Waals surface area contributed by atoms with Gasteiger partial charge >= 0.3 is 5.97 Å². The zero-order valence-corrected chi connectivity index (χ0v) is 19.4. The first-order valence-corrected chi connectivity index (χ1v) is 11.2. The highest BCUT2D eigenvalue weighted by Gasteiger charge is 2.20. The minimum atomic E-state index is -0.484. The van der Waals surface area contributed by atoms with E-state index >= 15 is 0 Å². The Kier molecular flexibility index (Phi) is 7.28. The van der Waals surface area contributed by atoms with Crippen molar-refractivity contribution in [2.24, 2.45) is 0 Å². The number of nitrogens with zero attached hydrogens (tertiary/aromatic N) is 2. The Morgan fingerprint density at radius 2 is 1.56 bits per heavy atom. The Hall–Kier alpha value is -4.06. The first kappa shape index (κ1) is 23.1. The SMILES string of the molecule is COC(=O)c1cc2cc(OCc3ccccc3)ccc2n1CC(=O)N(C)CCc1ccccc1. The van der Waals surface area contributed by atoms with E-state index in [1.165, 1.54) is 12.7 Å². The molecule has 6 nitrogen and oxygen atoms in total. The molecular weight excluding hydrogens is 428 g/mol. The summed E-state index contributed by atoms with van der Waals surface area (Å²) in [4.78, 5) is 27.1. The number of carbonyl (C=O) groups excluding carboxylic acids is 2. The van der Waals surface area contributed by atoms with Crippen molar-refractivity contribution in [1.29, 1.82) is 0 Å². The van der Waals surface area contributed by atoms with Crippen LogP contribution in [0.15, 0.2) is 84.9 Å². The summed E-state index contributed by atoms with van der Waals surface area (Å²) in [6.45, 7) is 1.08. The van der Waals surface area contributed by atoms with Crippen molar-refractivity contribution in [3.8, 4) is 5.75 Å². The van der Waals surface area contributed by atoms with E-state index in [2.05, 4.69) is 0 Å². The van der Waals surface area contributed by atoms with Crippen LogP contribution < -0.4 is 4.74 Å². The van der Waals surface area contributed by atoms with Gasteiger partial charge in [0.15, 0.2) is 0 Å². The van der Waals surface area contributed by atoms with Crippen LogP contribution in [-0.4, -0.2) is 42.0 Å². The zero-order chi connectivity index (χ0) is 23.9. The number of hydrogen-bond acceptors (Lipinski definition) is 4. The number of aromatic nitrogens is 1. The fourth-order valence-electron chi connectivity index (χ4n) is 3.85. The van der Waals surface area contributed by atoms with Crippen molar-refractivity contribution in [2.45, 2.75) is 19.6 Å². The monoisotopic (exact) mass is 456 g/mol. The van der Waals surface area contributed by atoms with Gasteiger partial charge in [0.1, 0.15) is 24.6 Å². The number of esters is 1. The summed E-state index contributed by atoms with van der Waals surface area (Å²) in [7, 11) is 3.12. The summed E-state index contributed by atoms with van der Waals surface area (Å²) >= 11 is 0. The van der Waals surface area contributed by atoms with Gasteiger partial charge in [-0.2, -0.15) is 0 Å². The molecule has 4 aromatic rings. The molecule has 0 saturated carbocycles. The predicted octanol–water partition coefficient (Wildman–Crippen LogP) is 4.71. The van der Waals surface area contributed by atoms with E-state index in [1.807, 2.05) is 78.9 Å². The molecule has 0 N–H and O–H groups in total. The van der Waals surface area contributed by atoms with Crippen LogP contribution in [0.2, 0.25) is 0 Å². The van der Waals surface area contributed by atoms with E-state index in [9.17, 15) is 9.59 Å².